The van der Waals surface area contributed by atoms with Crippen LogP contribution in [0.4, 0.5) is 5.69 Å². The van der Waals surface area contributed by atoms with Crippen LogP contribution < -0.4 is 9.64 Å². The average molecular weight is 597 g/mol. The van der Waals surface area contributed by atoms with Crippen LogP contribution in [0, 0.1) is 0 Å². The summed E-state index contributed by atoms with van der Waals surface area (Å²) in [5, 5.41) is 0. The molecule has 5 rings (SSSR count). The Morgan fingerprint density at radius 1 is 0.818 bits per heavy atom. The zero-order valence-electron chi connectivity index (χ0n) is 26.5. The van der Waals surface area contributed by atoms with E-state index in [-0.39, 0.29) is 17.9 Å². The van der Waals surface area contributed by atoms with Gasteiger partial charge in [0.25, 0.3) is 5.91 Å². The first kappa shape index (κ1) is 31.7. The van der Waals surface area contributed by atoms with Gasteiger partial charge in [-0.05, 0) is 101 Å². The zero-order valence-corrected chi connectivity index (χ0v) is 26.5. The topological polar surface area (TPSA) is 56.3 Å². The van der Waals surface area contributed by atoms with E-state index >= 15 is 0 Å². The second kappa shape index (κ2) is 15.9. The van der Waals surface area contributed by atoms with Crippen molar-refractivity contribution in [2.24, 2.45) is 0 Å². The fraction of sp³-hybridized carbons (Fsp3) is 0.459. The highest BCUT2D eigenvalue weighted by Crippen LogP contribution is 2.32. The molecule has 7 nitrogen and oxygen atoms in total. The number of hydrogen-bond acceptors (Lipinski definition) is 5. The molecule has 3 aromatic carbocycles. The van der Waals surface area contributed by atoms with Crippen molar-refractivity contribution < 1.29 is 14.3 Å². The number of carbonyl (C=O) groups excluding carboxylic acids is 2. The summed E-state index contributed by atoms with van der Waals surface area (Å²) in [6, 6.07) is 26.6. The fourth-order valence-electron chi connectivity index (χ4n) is 6.31. The molecule has 7 heteroatoms. The first-order chi connectivity index (χ1) is 21.5. The first-order valence-electron chi connectivity index (χ1n) is 16.3. The predicted molar refractivity (Wildman–Crippen MR) is 177 cm³/mol. The Hall–Kier alpha value is -3.68. The largest absolute Gasteiger partial charge is 0.494 e. The number of para-hydroxylation sites is 1. The van der Waals surface area contributed by atoms with Crippen molar-refractivity contribution in [1.29, 1.82) is 0 Å². The first-order valence-corrected chi connectivity index (χ1v) is 16.3. The molecular formula is C37H48N4O3. The van der Waals surface area contributed by atoms with Gasteiger partial charge < -0.3 is 19.4 Å². The molecule has 2 aliphatic rings. The van der Waals surface area contributed by atoms with Crippen molar-refractivity contribution in [3.8, 4) is 5.75 Å². The van der Waals surface area contributed by atoms with Crippen molar-refractivity contribution in [2.45, 2.75) is 57.5 Å². The minimum Gasteiger partial charge on any atom is -0.494 e. The van der Waals surface area contributed by atoms with Crippen LogP contribution in [0.2, 0.25) is 0 Å². The molecule has 2 amide bonds. The van der Waals surface area contributed by atoms with E-state index in [0.717, 1.165) is 76.1 Å². The van der Waals surface area contributed by atoms with Gasteiger partial charge in [0, 0.05) is 56.4 Å². The van der Waals surface area contributed by atoms with E-state index in [9.17, 15) is 9.59 Å². The molecular weight excluding hydrogens is 548 g/mol. The molecule has 0 N–H and O–H groups in total. The van der Waals surface area contributed by atoms with Gasteiger partial charge in [-0.1, -0.05) is 48.5 Å². The standard InChI is InChI=1S/C37H48N4O3/c1-38(2)26-27-39(29-30-11-5-3-6-12-30)23-9-4-10-28-44-34-18-15-32(16-19-34)37(43)40-24-21-33(22-25-40)41-35-14-8-7-13-31(35)17-20-36(41)42/h3,5-8,11-16,18-19,33H,4,9-10,17,20-29H2,1-2H3. The maximum atomic E-state index is 13.2. The van der Waals surface area contributed by atoms with Crippen LogP contribution in [0.25, 0.3) is 0 Å². The highest BCUT2D eigenvalue weighted by molar-refractivity contribution is 5.97. The van der Waals surface area contributed by atoms with Gasteiger partial charge in [-0.25, -0.2) is 0 Å². The van der Waals surface area contributed by atoms with Gasteiger partial charge in [0.05, 0.1) is 6.61 Å². The molecule has 1 saturated heterocycles. The summed E-state index contributed by atoms with van der Waals surface area (Å²) in [6.07, 6.45) is 6.25. The van der Waals surface area contributed by atoms with E-state index < -0.39 is 0 Å². The molecule has 0 radical (unpaired) electrons. The molecule has 0 saturated carbocycles. The van der Waals surface area contributed by atoms with Gasteiger partial charge >= 0.3 is 0 Å². The normalized spacial score (nSPS) is 15.6. The summed E-state index contributed by atoms with van der Waals surface area (Å²) in [4.78, 5) is 34.8. The van der Waals surface area contributed by atoms with Crippen LogP contribution >= 0.6 is 0 Å². The number of ether oxygens (including phenoxy) is 1. The molecule has 0 aliphatic carbocycles. The van der Waals surface area contributed by atoms with E-state index in [1.165, 1.54) is 11.1 Å². The number of unbranched alkanes of at least 4 members (excludes halogenated alkanes) is 2. The lowest BCUT2D eigenvalue weighted by Crippen LogP contribution is -2.50. The van der Waals surface area contributed by atoms with Crippen LogP contribution in [-0.4, -0.2) is 86.0 Å². The summed E-state index contributed by atoms with van der Waals surface area (Å²) in [6.45, 7) is 6.18. The van der Waals surface area contributed by atoms with Crippen LogP contribution in [0.5, 0.6) is 5.75 Å². The number of piperidine rings is 1. The van der Waals surface area contributed by atoms with Crippen molar-refractivity contribution in [3.63, 3.8) is 0 Å². The third kappa shape index (κ3) is 8.70. The second-order valence-corrected chi connectivity index (χ2v) is 12.4. The number of amides is 2. The number of likely N-dealkylation sites (N-methyl/N-ethyl adjacent to an activating group) is 1. The lowest BCUT2D eigenvalue weighted by Gasteiger charge is -2.41. The number of anilines is 1. The van der Waals surface area contributed by atoms with Gasteiger partial charge in [-0.3, -0.25) is 14.5 Å². The maximum Gasteiger partial charge on any atom is 0.253 e. The molecule has 2 aliphatic heterocycles. The van der Waals surface area contributed by atoms with Gasteiger partial charge in [-0.15, -0.1) is 0 Å². The summed E-state index contributed by atoms with van der Waals surface area (Å²) in [5.74, 6) is 1.06. The lowest BCUT2D eigenvalue weighted by molar-refractivity contribution is -0.119. The third-order valence-corrected chi connectivity index (χ3v) is 8.85. The molecule has 0 unspecified atom stereocenters. The monoisotopic (exact) mass is 596 g/mol. The summed E-state index contributed by atoms with van der Waals surface area (Å²) in [5.41, 5.74) is 4.34. The number of fused-ring (bicyclic) bond motifs is 1. The Balaban J connectivity index is 1.02. The van der Waals surface area contributed by atoms with Gasteiger partial charge in [0.15, 0.2) is 0 Å². The molecule has 2 heterocycles. The van der Waals surface area contributed by atoms with Gasteiger partial charge in [0.1, 0.15) is 5.75 Å². The van der Waals surface area contributed by atoms with Crippen molar-refractivity contribution in [2.75, 3.05) is 58.3 Å². The van der Waals surface area contributed by atoms with E-state index in [1.54, 1.807) is 0 Å². The van der Waals surface area contributed by atoms with E-state index in [1.807, 2.05) is 46.2 Å². The SMILES string of the molecule is CN(C)CCN(CCCCCOc1ccc(C(=O)N2CCC(N3C(=O)CCc4ccccc43)CC2)cc1)Cc1ccccc1. The highest BCUT2D eigenvalue weighted by atomic mass is 16.5. The Bertz CT molecular complexity index is 1340. The zero-order chi connectivity index (χ0) is 30.7. The molecule has 0 aromatic heterocycles. The number of likely N-dealkylation sites (tertiary alicyclic amines) is 1. The minimum atomic E-state index is 0.0506. The van der Waals surface area contributed by atoms with E-state index in [0.29, 0.717) is 31.7 Å². The molecule has 234 valence electrons. The second-order valence-electron chi connectivity index (χ2n) is 12.4. The molecule has 0 bridgehead atoms. The number of rotatable bonds is 14. The Labute approximate surface area is 263 Å². The molecule has 3 aromatic rings. The predicted octanol–water partition coefficient (Wildman–Crippen LogP) is 5.88. The molecule has 0 spiro atoms. The van der Waals surface area contributed by atoms with Crippen LogP contribution in [-0.2, 0) is 17.8 Å². The summed E-state index contributed by atoms with van der Waals surface area (Å²) in [7, 11) is 4.26. The van der Waals surface area contributed by atoms with Crippen LogP contribution in [0.1, 0.15) is 60.0 Å². The van der Waals surface area contributed by atoms with Gasteiger partial charge in [-0.2, -0.15) is 0 Å². The Morgan fingerprint density at radius 2 is 1.55 bits per heavy atom. The maximum absolute atomic E-state index is 13.2. The average Bonchev–Trinajstić information content (AvgIpc) is 3.05. The molecule has 44 heavy (non-hydrogen) atoms. The van der Waals surface area contributed by atoms with Gasteiger partial charge in [0.2, 0.25) is 5.91 Å². The lowest BCUT2D eigenvalue weighted by atomic mass is 9.95. The highest BCUT2D eigenvalue weighted by Gasteiger charge is 2.33. The summed E-state index contributed by atoms with van der Waals surface area (Å²) >= 11 is 0. The Kier molecular flexibility index (Phi) is 11.4. The van der Waals surface area contributed by atoms with Crippen molar-refractivity contribution in [1.82, 2.24) is 14.7 Å². The fourth-order valence-corrected chi connectivity index (χ4v) is 6.31. The van der Waals surface area contributed by atoms with Crippen molar-refractivity contribution in [3.05, 3.63) is 95.6 Å². The van der Waals surface area contributed by atoms with E-state index in [4.69, 9.17) is 4.74 Å². The number of carbonyl (C=O) groups is 2. The summed E-state index contributed by atoms with van der Waals surface area (Å²) < 4.78 is 6.01. The smallest absolute Gasteiger partial charge is 0.253 e. The quantitative estimate of drug-likeness (QED) is 0.218. The Morgan fingerprint density at radius 3 is 2.30 bits per heavy atom. The number of nitrogens with zero attached hydrogens (tertiary/aromatic N) is 4. The third-order valence-electron chi connectivity index (χ3n) is 8.85. The number of benzene rings is 3. The minimum absolute atomic E-state index is 0.0506. The molecule has 0 atom stereocenters. The van der Waals surface area contributed by atoms with E-state index in [2.05, 4.69) is 66.4 Å². The number of hydrogen-bond donors (Lipinski definition) is 0. The van der Waals surface area contributed by atoms with Crippen LogP contribution in [0.3, 0.4) is 0 Å². The number of aryl methyl sites for hydroxylation is 1. The van der Waals surface area contributed by atoms with Crippen LogP contribution in [0.15, 0.2) is 78.9 Å². The van der Waals surface area contributed by atoms with Crippen molar-refractivity contribution >= 4 is 17.5 Å². The molecule has 1 fully saturated rings.